The number of nitrogens with zero attached hydrogens (tertiary/aromatic N) is 2. The second-order valence-corrected chi connectivity index (χ2v) is 5.21. The van der Waals surface area contributed by atoms with Gasteiger partial charge < -0.3 is 4.90 Å². The molecule has 0 bridgehead atoms. The molecule has 1 rings (SSSR count). The number of hydrogen-bond acceptors (Lipinski definition) is 3. The summed E-state index contributed by atoms with van der Waals surface area (Å²) in [6.07, 6.45) is 4.81. The molecule has 0 radical (unpaired) electrons. The minimum absolute atomic E-state index is 0.0299. The van der Waals surface area contributed by atoms with E-state index in [1.165, 1.54) is 0 Å². The standard InChI is InChI=1S/C13H20N2O/c1-5-6-15(9-14)8-11-7-12(10(2)16)13(11,3)4/h5,11-12H,1,6-8H2,2-4H3/t11-,12+/m0/s1. The lowest BCUT2D eigenvalue weighted by molar-refractivity contribution is -0.136. The highest BCUT2D eigenvalue weighted by Crippen LogP contribution is 2.51. The fourth-order valence-corrected chi connectivity index (χ4v) is 2.59. The van der Waals surface area contributed by atoms with Crippen LogP contribution in [0.3, 0.4) is 0 Å². The van der Waals surface area contributed by atoms with Gasteiger partial charge in [-0.3, -0.25) is 4.79 Å². The van der Waals surface area contributed by atoms with Gasteiger partial charge in [0.05, 0.1) is 0 Å². The quantitative estimate of drug-likeness (QED) is 0.405. The van der Waals surface area contributed by atoms with Crippen LogP contribution in [0.2, 0.25) is 0 Å². The Morgan fingerprint density at radius 3 is 2.69 bits per heavy atom. The van der Waals surface area contributed by atoms with Crippen LogP contribution in [0.25, 0.3) is 0 Å². The van der Waals surface area contributed by atoms with Gasteiger partial charge in [-0.1, -0.05) is 19.9 Å². The average molecular weight is 220 g/mol. The summed E-state index contributed by atoms with van der Waals surface area (Å²) in [6.45, 7) is 10.9. The highest BCUT2D eigenvalue weighted by Gasteiger charge is 2.50. The topological polar surface area (TPSA) is 44.1 Å². The Morgan fingerprint density at radius 2 is 2.31 bits per heavy atom. The van der Waals surface area contributed by atoms with E-state index in [0.29, 0.717) is 12.5 Å². The normalized spacial score (nSPS) is 26.4. The summed E-state index contributed by atoms with van der Waals surface area (Å²) in [5, 5.41) is 8.93. The first kappa shape index (κ1) is 12.8. The highest BCUT2D eigenvalue weighted by molar-refractivity contribution is 5.80. The molecule has 1 saturated carbocycles. The highest BCUT2D eigenvalue weighted by atomic mass is 16.1. The van der Waals surface area contributed by atoms with E-state index in [-0.39, 0.29) is 17.1 Å². The monoisotopic (exact) mass is 220 g/mol. The molecule has 0 aromatic heterocycles. The number of carbonyl (C=O) groups is 1. The average Bonchev–Trinajstić information content (AvgIpc) is 2.21. The van der Waals surface area contributed by atoms with Gasteiger partial charge in [0.25, 0.3) is 0 Å². The molecule has 0 amide bonds. The van der Waals surface area contributed by atoms with Crippen LogP contribution in [-0.2, 0) is 4.79 Å². The summed E-state index contributed by atoms with van der Waals surface area (Å²) in [6, 6.07) is 0. The van der Waals surface area contributed by atoms with Crippen LogP contribution in [0, 0.1) is 28.7 Å². The molecular weight excluding hydrogens is 200 g/mol. The third kappa shape index (κ3) is 2.27. The molecule has 1 fully saturated rings. The van der Waals surface area contributed by atoms with Crippen molar-refractivity contribution in [3.63, 3.8) is 0 Å². The van der Waals surface area contributed by atoms with Crippen LogP contribution >= 0.6 is 0 Å². The number of hydrogen-bond donors (Lipinski definition) is 0. The Labute approximate surface area is 97.7 Å². The van der Waals surface area contributed by atoms with Gasteiger partial charge in [-0.2, -0.15) is 5.26 Å². The zero-order valence-corrected chi connectivity index (χ0v) is 10.4. The van der Waals surface area contributed by atoms with Gasteiger partial charge in [0, 0.05) is 19.0 Å². The fourth-order valence-electron chi connectivity index (χ4n) is 2.59. The fraction of sp³-hybridized carbons (Fsp3) is 0.692. The van der Waals surface area contributed by atoms with E-state index < -0.39 is 0 Å². The first-order valence-corrected chi connectivity index (χ1v) is 5.69. The first-order chi connectivity index (χ1) is 7.43. The van der Waals surface area contributed by atoms with E-state index in [9.17, 15) is 4.79 Å². The van der Waals surface area contributed by atoms with Gasteiger partial charge in [0.1, 0.15) is 5.78 Å². The maximum atomic E-state index is 11.4. The van der Waals surface area contributed by atoms with Gasteiger partial charge in [-0.15, -0.1) is 6.58 Å². The predicted molar refractivity (Wildman–Crippen MR) is 63.4 cm³/mol. The Hall–Kier alpha value is -1.30. The van der Waals surface area contributed by atoms with Crippen LogP contribution < -0.4 is 0 Å². The molecule has 16 heavy (non-hydrogen) atoms. The molecule has 88 valence electrons. The van der Waals surface area contributed by atoms with E-state index in [0.717, 1.165) is 13.0 Å². The maximum absolute atomic E-state index is 11.4. The van der Waals surface area contributed by atoms with Crippen LogP contribution in [0.1, 0.15) is 27.2 Å². The second kappa shape index (κ2) is 4.69. The molecule has 0 aliphatic heterocycles. The molecule has 0 aromatic rings. The van der Waals surface area contributed by atoms with Crippen molar-refractivity contribution in [3.05, 3.63) is 12.7 Å². The van der Waals surface area contributed by atoms with Crippen molar-refractivity contribution in [3.8, 4) is 6.19 Å². The van der Waals surface area contributed by atoms with Crippen molar-refractivity contribution in [2.75, 3.05) is 13.1 Å². The van der Waals surface area contributed by atoms with E-state index in [1.807, 2.05) is 0 Å². The van der Waals surface area contributed by atoms with Gasteiger partial charge >= 0.3 is 0 Å². The zero-order valence-electron chi connectivity index (χ0n) is 10.4. The Morgan fingerprint density at radius 1 is 1.69 bits per heavy atom. The smallest absolute Gasteiger partial charge is 0.179 e. The lowest BCUT2D eigenvalue weighted by atomic mass is 9.53. The molecule has 0 saturated heterocycles. The summed E-state index contributed by atoms with van der Waals surface area (Å²) in [4.78, 5) is 13.1. The van der Waals surface area contributed by atoms with Crippen molar-refractivity contribution in [1.82, 2.24) is 4.90 Å². The van der Waals surface area contributed by atoms with Crippen molar-refractivity contribution in [1.29, 1.82) is 5.26 Å². The summed E-state index contributed by atoms with van der Waals surface area (Å²) in [7, 11) is 0. The molecule has 3 heteroatoms. The molecule has 0 N–H and O–H groups in total. The van der Waals surface area contributed by atoms with Crippen molar-refractivity contribution in [2.24, 2.45) is 17.3 Å². The van der Waals surface area contributed by atoms with Crippen LogP contribution in [0.5, 0.6) is 0 Å². The lowest BCUT2D eigenvalue weighted by Gasteiger charge is -2.52. The summed E-state index contributed by atoms with van der Waals surface area (Å²) < 4.78 is 0. The van der Waals surface area contributed by atoms with Crippen molar-refractivity contribution in [2.45, 2.75) is 27.2 Å². The predicted octanol–water partition coefficient (Wildman–Crippen LogP) is 2.21. The molecule has 0 spiro atoms. The second-order valence-electron chi connectivity index (χ2n) is 5.21. The molecule has 1 aliphatic rings. The molecular formula is C13H20N2O. The van der Waals surface area contributed by atoms with Gasteiger partial charge in [-0.05, 0) is 24.7 Å². The third-order valence-electron chi connectivity index (χ3n) is 3.89. The van der Waals surface area contributed by atoms with Crippen LogP contribution in [0.15, 0.2) is 12.7 Å². The molecule has 3 nitrogen and oxygen atoms in total. The van der Waals surface area contributed by atoms with E-state index in [4.69, 9.17) is 5.26 Å². The SMILES string of the molecule is C=CCN(C#N)C[C@@H]1C[C@H](C(C)=O)C1(C)C. The van der Waals surface area contributed by atoms with Gasteiger partial charge in [0.15, 0.2) is 6.19 Å². The number of carbonyl (C=O) groups excluding carboxylic acids is 1. The van der Waals surface area contributed by atoms with E-state index in [1.54, 1.807) is 17.9 Å². The first-order valence-electron chi connectivity index (χ1n) is 5.69. The Balaban J connectivity index is 2.56. The van der Waals surface area contributed by atoms with E-state index in [2.05, 4.69) is 26.6 Å². The minimum atomic E-state index is 0.0299. The molecule has 1 aliphatic carbocycles. The zero-order chi connectivity index (χ0) is 12.3. The third-order valence-corrected chi connectivity index (χ3v) is 3.89. The molecule has 0 heterocycles. The summed E-state index contributed by atoms with van der Waals surface area (Å²) >= 11 is 0. The Kier molecular flexibility index (Phi) is 3.74. The Bertz CT molecular complexity index is 327. The number of ketones is 1. The van der Waals surface area contributed by atoms with Crippen LogP contribution in [-0.4, -0.2) is 23.8 Å². The van der Waals surface area contributed by atoms with Crippen molar-refractivity contribution >= 4 is 5.78 Å². The summed E-state index contributed by atoms with van der Waals surface area (Å²) in [5.74, 6) is 0.872. The molecule has 2 atom stereocenters. The number of rotatable bonds is 5. The number of Topliss-reactive ketones (excluding diaryl/α,β-unsaturated/α-hetero) is 1. The molecule has 0 unspecified atom stereocenters. The maximum Gasteiger partial charge on any atom is 0.179 e. The van der Waals surface area contributed by atoms with E-state index >= 15 is 0 Å². The number of nitriles is 1. The summed E-state index contributed by atoms with van der Waals surface area (Å²) in [5.41, 5.74) is 0.0299. The van der Waals surface area contributed by atoms with Gasteiger partial charge in [-0.25, -0.2) is 0 Å². The minimum Gasteiger partial charge on any atom is -0.307 e. The van der Waals surface area contributed by atoms with Crippen LogP contribution in [0.4, 0.5) is 0 Å². The van der Waals surface area contributed by atoms with Gasteiger partial charge in [0.2, 0.25) is 0 Å². The van der Waals surface area contributed by atoms with Crippen molar-refractivity contribution < 1.29 is 4.79 Å². The largest absolute Gasteiger partial charge is 0.307 e. The lowest BCUT2D eigenvalue weighted by Crippen LogP contribution is -2.52. The molecule has 0 aromatic carbocycles.